The highest BCUT2D eigenvalue weighted by Gasteiger charge is 2.25. The lowest BCUT2D eigenvalue weighted by Crippen LogP contribution is -2.43. The maximum absolute atomic E-state index is 12.4. The number of carbonyl (C=O) groups is 2. The van der Waals surface area contributed by atoms with E-state index in [9.17, 15) is 14.7 Å². The zero-order valence-electron chi connectivity index (χ0n) is 13.3. The summed E-state index contributed by atoms with van der Waals surface area (Å²) in [6.45, 7) is 2.68. The van der Waals surface area contributed by atoms with Crippen LogP contribution in [0, 0.1) is 0 Å². The number of hydrogen-bond donors (Lipinski definition) is 1. The summed E-state index contributed by atoms with van der Waals surface area (Å²) >= 11 is 0. The van der Waals surface area contributed by atoms with Crippen LogP contribution >= 0.6 is 0 Å². The van der Waals surface area contributed by atoms with Crippen LogP contribution in [0.25, 0.3) is 0 Å². The summed E-state index contributed by atoms with van der Waals surface area (Å²) in [5.74, 6) is -1.04. The van der Waals surface area contributed by atoms with Gasteiger partial charge in [-0.1, -0.05) is 30.3 Å². The molecule has 0 saturated carbocycles. The first-order valence-electron chi connectivity index (χ1n) is 7.43. The molecule has 0 unspecified atom stereocenters. The van der Waals surface area contributed by atoms with Gasteiger partial charge in [0.1, 0.15) is 5.75 Å². The van der Waals surface area contributed by atoms with Crippen molar-refractivity contribution in [2.45, 2.75) is 13.5 Å². The predicted octanol–water partition coefficient (Wildman–Crippen LogP) is 2.40. The summed E-state index contributed by atoms with van der Waals surface area (Å²) < 4.78 is 0. The molecule has 2 amide bonds. The minimum absolute atomic E-state index is 0.111. The molecule has 0 aliphatic carbocycles. The third-order valence-corrected chi connectivity index (χ3v) is 3.61. The second kappa shape index (κ2) is 7.45. The molecular weight excluding hydrogens is 292 g/mol. The van der Waals surface area contributed by atoms with Gasteiger partial charge in [-0.3, -0.25) is 9.59 Å². The van der Waals surface area contributed by atoms with Crippen LogP contribution in [0.3, 0.4) is 0 Å². The SMILES string of the molecule is CCN(Cc1ccccc1)C(=O)C(=O)N(C)c1ccc(O)cc1. The first-order chi connectivity index (χ1) is 11.0. The molecule has 5 heteroatoms. The van der Waals surface area contributed by atoms with E-state index in [4.69, 9.17) is 0 Å². The minimum Gasteiger partial charge on any atom is -0.508 e. The molecule has 2 rings (SSSR count). The van der Waals surface area contributed by atoms with E-state index in [0.29, 0.717) is 18.8 Å². The van der Waals surface area contributed by atoms with E-state index < -0.39 is 11.8 Å². The molecule has 0 bridgehead atoms. The number of rotatable bonds is 4. The molecule has 5 nitrogen and oxygen atoms in total. The van der Waals surface area contributed by atoms with Crippen molar-refractivity contribution in [3.63, 3.8) is 0 Å². The Hall–Kier alpha value is -2.82. The standard InChI is InChI=1S/C18H20N2O3/c1-3-20(13-14-7-5-4-6-8-14)18(23)17(22)19(2)15-9-11-16(21)12-10-15/h4-12,21H,3,13H2,1-2H3. The average molecular weight is 312 g/mol. The largest absolute Gasteiger partial charge is 0.508 e. The fourth-order valence-electron chi connectivity index (χ4n) is 2.20. The quantitative estimate of drug-likeness (QED) is 0.882. The maximum Gasteiger partial charge on any atom is 0.316 e. The van der Waals surface area contributed by atoms with Gasteiger partial charge in [-0.15, -0.1) is 0 Å². The Morgan fingerprint density at radius 2 is 1.57 bits per heavy atom. The Balaban J connectivity index is 2.10. The lowest BCUT2D eigenvalue weighted by molar-refractivity contribution is -0.144. The summed E-state index contributed by atoms with van der Waals surface area (Å²) in [5.41, 5.74) is 1.53. The van der Waals surface area contributed by atoms with Crippen LogP contribution in [0.4, 0.5) is 5.69 Å². The molecular formula is C18H20N2O3. The van der Waals surface area contributed by atoms with E-state index in [2.05, 4.69) is 0 Å². The van der Waals surface area contributed by atoms with Crippen molar-refractivity contribution in [1.29, 1.82) is 0 Å². The smallest absolute Gasteiger partial charge is 0.316 e. The first-order valence-corrected chi connectivity index (χ1v) is 7.43. The maximum atomic E-state index is 12.4. The Bertz CT molecular complexity index is 668. The normalized spacial score (nSPS) is 10.2. The number of phenolic OH excluding ortho intramolecular Hbond substituents is 1. The summed E-state index contributed by atoms with van der Waals surface area (Å²) in [6, 6.07) is 15.7. The second-order valence-electron chi connectivity index (χ2n) is 5.19. The van der Waals surface area contributed by atoms with Gasteiger partial charge < -0.3 is 14.9 Å². The van der Waals surface area contributed by atoms with Crippen LogP contribution in [0.2, 0.25) is 0 Å². The molecule has 0 radical (unpaired) electrons. The van der Waals surface area contributed by atoms with Gasteiger partial charge in [0.05, 0.1) is 0 Å². The number of carbonyl (C=O) groups excluding carboxylic acids is 2. The summed E-state index contributed by atoms with van der Waals surface area (Å²) in [5, 5.41) is 9.30. The number of phenols is 1. The van der Waals surface area contributed by atoms with Gasteiger partial charge >= 0.3 is 11.8 Å². The van der Waals surface area contributed by atoms with Crippen LogP contribution in [-0.4, -0.2) is 35.4 Å². The molecule has 0 heterocycles. The topological polar surface area (TPSA) is 60.9 Å². The number of likely N-dealkylation sites (N-methyl/N-ethyl adjacent to an activating group) is 2. The minimum atomic E-state index is -0.603. The molecule has 0 aliphatic heterocycles. The highest BCUT2D eigenvalue weighted by atomic mass is 16.3. The molecule has 0 spiro atoms. The van der Waals surface area contributed by atoms with Crippen molar-refractivity contribution in [2.75, 3.05) is 18.5 Å². The van der Waals surface area contributed by atoms with Crippen LogP contribution in [0.15, 0.2) is 54.6 Å². The number of benzene rings is 2. The van der Waals surface area contributed by atoms with Crippen LogP contribution in [0.5, 0.6) is 5.75 Å². The lowest BCUT2D eigenvalue weighted by atomic mass is 10.2. The predicted molar refractivity (Wildman–Crippen MR) is 89.0 cm³/mol. The molecule has 1 N–H and O–H groups in total. The van der Waals surface area contributed by atoms with Crippen molar-refractivity contribution in [1.82, 2.24) is 4.90 Å². The van der Waals surface area contributed by atoms with E-state index in [1.165, 1.54) is 21.9 Å². The van der Waals surface area contributed by atoms with E-state index in [1.807, 2.05) is 37.3 Å². The fourth-order valence-corrected chi connectivity index (χ4v) is 2.20. The molecule has 2 aromatic rings. The fraction of sp³-hybridized carbons (Fsp3) is 0.222. The molecule has 0 saturated heterocycles. The highest BCUT2D eigenvalue weighted by molar-refractivity contribution is 6.40. The van der Waals surface area contributed by atoms with E-state index in [1.54, 1.807) is 19.2 Å². The Morgan fingerprint density at radius 3 is 2.13 bits per heavy atom. The van der Waals surface area contributed by atoms with E-state index in [0.717, 1.165) is 5.56 Å². The molecule has 23 heavy (non-hydrogen) atoms. The van der Waals surface area contributed by atoms with E-state index in [-0.39, 0.29) is 5.75 Å². The summed E-state index contributed by atoms with van der Waals surface area (Å²) in [7, 11) is 1.54. The Morgan fingerprint density at radius 1 is 0.957 bits per heavy atom. The number of hydrogen-bond acceptors (Lipinski definition) is 3. The molecule has 0 aromatic heterocycles. The van der Waals surface area contributed by atoms with Gasteiger partial charge in [0.15, 0.2) is 0 Å². The van der Waals surface area contributed by atoms with Crippen LogP contribution in [-0.2, 0) is 16.1 Å². The third-order valence-electron chi connectivity index (χ3n) is 3.61. The molecule has 0 aliphatic rings. The summed E-state index contributed by atoms with van der Waals surface area (Å²) in [6.07, 6.45) is 0. The number of aromatic hydroxyl groups is 1. The van der Waals surface area contributed by atoms with Gasteiger partial charge in [-0.2, -0.15) is 0 Å². The van der Waals surface area contributed by atoms with E-state index >= 15 is 0 Å². The molecule has 120 valence electrons. The molecule has 0 atom stereocenters. The van der Waals surface area contributed by atoms with Crippen molar-refractivity contribution in [3.8, 4) is 5.75 Å². The van der Waals surface area contributed by atoms with Gasteiger partial charge in [-0.25, -0.2) is 0 Å². The van der Waals surface area contributed by atoms with Crippen molar-refractivity contribution < 1.29 is 14.7 Å². The monoisotopic (exact) mass is 312 g/mol. The van der Waals surface area contributed by atoms with Gasteiger partial charge in [0.2, 0.25) is 0 Å². The number of amides is 2. The highest BCUT2D eigenvalue weighted by Crippen LogP contribution is 2.18. The Kier molecular flexibility index (Phi) is 5.36. The van der Waals surface area contributed by atoms with Crippen molar-refractivity contribution in [3.05, 3.63) is 60.2 Å². The van der Waals surface area contributed by atoms with Gasteiger partial charge in [-0.05, 0) is 36.8 Å². The Labute approximate surface area is 135 Å². The van der Waals surface area contributed by atoms with Gasteiger partial charge in [0, 0.05) is 25.8 Å². The second-order valence-corrected chi connectivity index (χ2v) is 5.19. The number of nitrogens with zero attached hydrogens (tertiary/aromatic N) is 2. The zero-order chi connectivity index (χ0) is 16.8. The first kappa shape index (κ1) is 16.5. The molecule has 0 fully saturated rings. The molecule has 2 aromatic carbocycles. The van der Waals surface area contributed by atoms with Crippen molar-refractivity contribution >= 4 is 17.5 Å². The van der Waals surface area contributed by atoms with Crippen LogP contribution in [0.1, 0.15) is 12.5 Å². The average Bonchev–Trinajstić information content (AvgIpc) is 2.59. The van der Waals surface area contributed by atoms with Crippen LogP contribution < -0.4 is 4.90 Å². The lowest BCUT2D eigenvalue weighted by Gasteiger charge is -2.24. The van der Waals surface area contributed by atoms with Crippen molar-refractivity contribution in [2.24, 2.45) is 0 Å². The number of anilines is 1. The zero-order valence-corrected chi connectivity index (χ0v) is 13.3. The van der Waals surface area contributed by atoms with Gasteiger partial charge in [0.25, 0.3) is 0 Å². The third kappa shape index (κ3) is 4.10. The summed E-state index contributed by atoms with van der Waals surface area (Å²) in [4.78, 5) is 27.6.